The van der Waals surface area contributed by atoms with E-state index < -0.39 is 73.7 Å². The number of sulfone groups is 1. The number of fused-ring (bicyclic) bond motifs is 1. The highest BCUT2D eigenvalue weighted by Crippen LogP contribution is 2.66. The molecule has 1 aromatic carbocycles. The number of nitrogens with zero attached hydrogens (tertiary/aromatic N) is 2. The van der Waals surface area contributed by atoms with E-state index in [-0.39, 0.29) is 23.3 Å². The van der Waals surface area contributed by atoms with E-state index >= 15 is 0 Å². The summed E-state index contributed by atoms with van der Waals surface area (Å²) in [5.74, 6) is -6.89. The molecule has 2 aliphatic rings. The molecule has 1 saturated heterocycles. The second-order valence-corrected chi connectivity index (χ2v) is 10.9. The summed E-state index contributed by atoms with van der Waals surface area (Å²) in [4.78, 5) is 30.0. The molecule has 4 atom stereocenters. The number of nitrogens with two attached hydrogens (primary N) is 1. The molecule has 1 saturated carbocycles. The van der Waals surface area contributed by atoms with Gasteiger partial charge in [0.25, 0.3) is 5.91 Å². The number of hydrogen-bond acceptors (Lipinski definition) is 5. The van der Waals surface area contributed by atoms with Crippen LogP contribution in [0.4, 0.5) is 17.6 Å². The molecule has 3 unspecified atom stereocenters. The number of primary amides is 1. The molecule has 182 valence electrons. The molecule has 1 aromatic heterocycles. The Hall–Kier alpha value is -2.73. The zero-order chi connectivity index (χ0) is 25.2. The van der Waals surface area contributed by atoms with Crippen LogP contribution >= 0.6 is 11.6 Å². The average Bonchev–Trinajstić information content (AvgIpc) is 3.34. The molecule has 2 aromatic rings. The van der Waals surface area contributed by atoms with E-state index in [1.807, 2.05) is 0 Å². The predicted octanol–water partition coefficient (Wildman–Crippen LogP) is 2.92. The summed E-state index contributed by atoms with van der Waals surface area (Å²) < 4.78 is 81.5. The van der Waals surface area contributed by atoms with Gasteiger partial charge in [-0.2, -0.15) is 0 Å². The molecule has 0 spiro atoms. The highest BCUT2D eigenvalue weighted by molar-refractivity contribution is 7.90. The maximum absolute atomic E-state index is 14.7. The fraction of sp³-hybridized carbons (Fsp3) is 0.381. The predicted molar refractivity (Wildman–Crippen MR) is 112 cm³/mol. The Labute approximate surface area is 196 Å². The van der Waals surface area contributed by atoms with E-state index in [0.29, 0.717) is 12.1 Å². The van der Waals surface area contributed by atoms with Gasteiger partial charge in [-0.25, -0.2) is 26.0 Å². The quantitative estimate of drug-likeness (QED) is 0.466. The van der Waals surface area contributed by atoms with Crippen LogP contribution in [0.2, 0.25) is 5.02 Å². The first-order valence-electron chi connectivity index (χ1n) is 9.99. The Bertz CT molecular complexity index is 1310. The number of rotatable bonds is 6. The van der Waals surface area contributed by atoms with Gasteiger partial charge >= 0.3 is 0 Å². The normalized spacial score (nSPS) is 24.7. The van der Waals surface area contributed by atoms with E-state index in [0.717, 1.165) is 29.6 Å². The average molecular weight is 520 g/mol. The SMILES string of the molecule is CS(=O)(=O)c1cncc(C(=O)N2C(C(N)=O)CC3CC32[C@@H](c2cc(F)c(Cl)cc2F)C(F)F)c1. The maximum Gasteiger partial charge on any atom is 0.256 e. The molecule has 1 aliphatic carbocycles. The third-order valence-corrected chi connectivity index (χ3v) is 7.86. The highest BCUT2D eigenvalue weighted by atomic mass is 35.5. The fourth-order valence-electron chi connectivity index (χ4n) is 4.97. The zero-order valence-electron chi connectivity index (χ0n) is 17.5. The molecule has 4 rings (SSSR count). The lowest BCUT2D eigenvalue weighted by molar-refractivity contribution is -0.123. The van der Waals surface area contributed by atoms with Crippen molar-refractivity contribution in [2.45, 2.75) is 41.7 Å². The van der Waals surface area contributed by atoms with Crippen molar-refractivity contribution in [3.63, 3.8) is 0 Å². The van der Waals surface area contributed by atoms with Gasteiger partial charge in [0, 0.05) is 24.2 Å². The second-order valence-electron chi connectivity index (χ2n) is 8.50. The molecule has 2 N–H and O–H groups in total. The molecular weight excluding hydrogens is 502 g/mol. The first kappa shape index (κ1) is 24.4. The summed E-state index contributed by atoms with van der Waals surface area (Å²) in [6.07, 6.45) is -0.392. The van der Waals surface area contributed by atoms with Crippen molar-refractivity contribution in [2.75, 3.05) is 6.26 Å². The Morgan fingerprint density at radius 1 is 1.21 bits per heavy atom. The Balaban J connectivity index is 1.86. The molecule has 34 heavy (non-hydrogen) atoms. The summed E-state index contributed by atoms with van der Waals surface area (Å²) in [5, 5.41) is -0.600. The third-order valence-electron chi connectivity index (χ3n) is 6.49. The van der Waals surface area contributed by atoms with Gasteiger partial charge in [0.1, 0.15) is 17.7 Å². The number of likely N-dealkylation sites (tertiary alicyclic amines) is 1. The van der Waals surface area contributed by atoms with Crippen molar-refractivity contribution in [2.24, 2.45) is 11.7 Å². The number of carbonyl (C=O) groups excluding carboxylic acids is 2. The van der Waals surface area contributed by atoms with Crippen molar-refractivity contribution in [3.8, 4) is 0 Å². The van der Waals surface area contributed by atoms with E-state index in [9.17, 15) is 35.6 Å². The highest BCUT2D eigenvalue weighted by Gasteiger charge is 2.73. The molecule has 2 fully saturated rings. The Morgan fingerprint density at radius 2 is 1.88 bits per heavy atom. The Kier molecular flexibility index (Phi) is 5.88. The molecule has 0 radical (unpaired) electrons. The minimum absolute atomic E-state index is 0.0135. The van der Waals surface area contributed by atoms with Crippen molar-refractivity contribution in [1.29, 1.82) is 0 Å². The molecule has 2 heterocycles. The van der Waals surface area contributed by atoms with E-state index in [1.54, 1.807) is 0 Å². The van der Waals surface area contributed by atoms with Crippen molar-refractivity contribution in [1.82, 2.24) is 9.88 Å². The monoisotopic (exact) mass is 519 g/mol. The summed E-state index contributed by atoms with van der Waals surface area (Å²) in [7, 11) is -3.77. The van der Waals surface area contributed by atoms with Crippen LogP contribution in [0, 0.1) is 17.6 Å². The van der Waals surface area contributed by atoms with Gasteiger partial charge in [0.05, 0.1) is 26.9 Å². The minimum atomic E-state index is -3.77. The van der Waals surface area contributed by atoms with E-state index in [2.05, 4.69) is 4.98 Å². The van der Waals surface area contributed by atoms with Gasteiger partial charge in [0.2, 0.25) is 12.3 Å². The third kappa shape index (κ3) is 3.82. The van der Waals surface area contributed by atoms with Crippen LogP contribution in [0.25, 0.3) is 0 Å². The molecule has 1 aliphatic heterocycles. The van der Waals surface area contributed by atoms with Crippen LogP contribution in [-0.4, -0.2) is 54.4 Å². The number of benzene rings is 1. The van der Waals surface area contributed by atoms with Crippen LogP contribution in [0.15, 0.2) is 35.5 Å². The number of halogens is 5. The maximum atomic E-state index is 14.7. The van der Waals surface area contributed by atoms with E-state index in [1.165, 1.54) is 0 Å². The molecular formula is C21H18ClF4N3O4S. The summed E-state index contributed by atoms with van der Waals surface area (Å²) in [6.45, 7) is 0. The van der Waals surface area contributed by atoms with Gasteiger partial charge in [-0.1, -0.05) is 11.6 Å². The second kappa shape index (κ2) is 8.19. The van der Waals surface area contributed by atoms with Gasteiger partial charge in [-0.3, -0.25) is 14.6 Å². The number of alkyl halides is 2. The molecule has 2 amide bonds. The van der Waals surface area contributed by atoms with Crippen LogP contribution < -0.4 is 5.73 Å². The number of carbonyl (C=O) groups is 2. The molecule has 7 nitrogen and oxygen atoms in total. The minimum Gasteiger partial charge on any atom is -0.368 e. The summed E-state index contributed by atoms with van der Waals surface area (Å²) in [6, 6.07) is 0.827. The fourth-order valence-corrected chi connectivity index (χ4v) is 5.71. The molecule has 0 bridgehead atoms. The summed E-state index contributed by atoms with van der Waals surface area (Å²) in [5.41, 5.74) is 2.74. The van der Waals surface area contributed by atoms with Gasteiger partial charge in [-0.15, -0.1) is 0 Å². The topological polar surface area (TPSA) is 110 Å². The number of amides is 2. The number of aromatic nitrogens is 1. The van der Waals surface area contributed by atoms with Crippen molar-refractivity contribution >= 4 is 33.3 Å². The number of pyridine rings is 1. The Morgan fingerprint density at radius 3 is 2.47 bits per heavy atom. The zero-order valence-corrected chi connectivity index (χ0v) is 19.1. The van der Waals surface area contributed by atoms with Crippen LogP contribution in [0.3, 0.4) is 0 Å². The summed E-state index contributed by atoms with van der Waals surface area (Å²) >= 11 is 5.57. The first-order chi connectivity index (χ1) is 15.8. The number of hydrogen-bond donors (Lipinski definition) is 1. The van der Waals surface area contributed by atoms with Crippen molar-refractivity contribution < 1.29 is 35.6 Å². The van der Waals surface area contributed by atoms with Gasteiger partial charge in [-0.05, 0) is 37.0 Å². The lowest BCUT2D eigenvalue weighted by Crippen LogP contribution is -2.54. The number of piperidine rings is 1. The van der Waals surface area contributed by atoms with Crippen LogP contribution in [-0.2, 0) is 14.6 Å². The smallest absolute Gasteiger partial charge is 0.256 e. The van der Waals surface area contributed by atoms with E-state index in [4.69, 9.17) is 17.3 Å². The van der Waals surface area contributed by atoms with Crippen molar-refractivity contribution in [3.05, 3.63) is 58.4 Å². The van der Waals surface area contributed by atoms with Crippen LogP contribution in [0.5, 0.6) is 0 Å². The lowest BCUT2D eigenvalue weighted by atomic mass is 9.87. The largest absolute Gasteiger partial charge is 0.368 e. The first-order valence-corrected chi connectivity index (χ1v) is 12.3. The lowest BCUT2D eigenvalue weighted by Gasteiger charge is -2.38. The van der Waals surface area contributed by atoms with Gasteiger partial charge < -0.3 is 10.6 Å². The van der Waals surface area contributed by atoms with Crippen LogP contribution in [0.1, 0.15) is 34.7 Å². The molecule has 13 heteroatoms. The van der Waals surface area contributed by atoms with Gasteiger partial charge in [0.15, 0.2) is 9.84 Å². The standard InChI is InChI=1S/C21H18ClF4N3O4S/c1-34(32,33)11-2-9(7-28-8-11)20(31)29-16(19(27)30)3-10-6-21(10,29)17(18(25)26)12-4-15(24)13(22)5-14(12)23/h2,4-5,7-8,10,16-18H,3,6H2,1H3,(H2,27,30)/t10?,16?,17-,21?/m0/s1.